The number of hydrogen-bond donors (Lipinski definition) is 2. The van der Waals surface area contributed by atoms with Crippen LogP contribution in [0.4, 0.5) is 0 Å². The van der Waals surface area contributed by atoms with Crippen molar-refractivity contribution in [1.82, 2.24) is 10.6 Å². The molecular weight excluding hydrogens is 200 g/mol. The molecule has 3 nitrogen and oxygen atoms in total. The SMILES string of the molecule is CCC(CC1CC1)NCC(=O)NCC(C)C. The van der Waals surface area contributed by atoms with Gasteiger partial charge in [-0.1, -0.05) is 33.6 Å². The average molecular weight is 226 g/mol. The molecule has 1 unspecified atom stereocenters. The van der Waals surface area contributed by atoms with E-state index in [1.807, 2.05) is 0 Å². The van der Waals surface area contributed by atoms with Crippen molar-refractivity contribution in [2.75, 3.05) is 13.1 Å². The van der Waals surface area contributed by atoms with Crippen LogP contribution in [-0.4, -0.2) is 25.0 Å². The Balaban J connectivity index is 2.08. The van der Waals surface area contributed by atoms with Crippen LogP contribution in [0.1, 0.15) is 46.5 Å². The van der Waals surface area contributed by atoms with Crippen molar-refractivity contribution in [1.29, 1.82) is 0 Å². The first-order valence-corrected chi connectivity index (χ1v) is 6.61. The summed E-state index contributed by atoms with van der Waals surface area (Å²) < 4.78 is 0. The van der Waals surface area contributed by atoms with E-state index in [9.17, 15) is 4.79 Å². The number of hydrogen-bond acceptors (Lipinski definition) is 2. The van der Waals surface area contributed by atoms with Crippen LogP contribution in [0.25, 0.3) is 0 Å². The quantitative estimate of drug-likeness (QED) is 0.664. The lowest BCUT2D eigenvalue weighted by Crippen LogP contribution is -2.40. The van der Waals surface area contributed by atoms with Crippen LogP contribution < -0.4 is 10.6 Å². The van der Waals surface area contributed by atoms with E-state index in [0.717, 1.165) is 18.9 Å². The Hall–Kier alpha value is -0.570. The van der Waals surface area contributed by atoms with Crippen molar-refractivity contribution < 1.29 is 4.79 Å². The molecular formula is C13H26N2O. The normalized spacial score (nSPS) is 17.5. The number of carbonyl (C=O) groups is 1. The second-order valence-corrected chi connectivity index (χ2v) is 5.36. The summed E-state index contributed by atoms with van der Waals surface area (Å²) in [7, 11) is 0. The highest BCUT2D eigenvalue weighted by Crippen LogP contribution is 2.33. The fraction of sp³-hybridized carbons (Fsp3) is 0.923. The van der Waals surface area contributed by atoms with Gasteiger partial charge in [-0.2, -0.15) is 0 Å². The van der Waals surface area contributed by atoms with Gasteiger partial charge in [0.05, 0.1) is 6.54 Å². The van der Waals surface area contributed by atoms with Crippen LogP contribution in [0.2, 0.25) is 0 Å². The standard InChI is InChI=1S/C13H26N2O/c1-4-12(7-11-5-6-11)14-9-13(16)15-8-10(2)3/h10-12,14H,4-9H2,1-3H3,(H,15,16). The summed E-state index contributed by atoms with van der Waals surface area (Å²) in [6.07, 6.45) is 5.14. The molecule has 0 heterocycles. The van der Waals surface area contributed by atoms with E-state index in [1.54, 1.807) is 0 Å². The first-order valence-electron chi connectivity index (χ1n) is 6.61. The van der Waals surface area contributed by atoms with Gasteiger partial charge in [0.25, 0.3) is 0 Å². The summed E-state index contributed by atoms with van der Waals surface area (Å²) in [5.74, 6) is 1.58. The first-order chi connectivity index (χ1) is 7.61. The summed E-state index contributed by atoms with van der Waals surface area (Å²) in [6, 6.07) is 0.525. The molecule has 2 N–H and O–H groups in total. The van der Waals surface area contributed by atoms with Crippen molar-refractivity contribution >= 4 is 5.91 Å². The largest absolute Gasteiger partial charge is 0.355 e. The third-order valence-electron chi connectivity index (χ3n) is 3.07. The highest BCUT2D eigenvalue weighted by atomic mass is 16.1. The molecule has 0 aromatic rings. The van der Waals surface area contributed by atoms with Crippen molar-refractivity contribution in [3.8, 4) is 0 Å². The van der Waals surface area contributed by atoms with E-state index in [-0.39, 0.29) is 5.91 Å². The molecule has 1 rings (SSSR count). The van der Waals surface area contributed by atoms with Gasteiger partial charge in [-0.05, 0) is 24.7 Å². The van der Waals surface area contributed by atoms with Crippen LogP contribution >= 0.6 is 0 Å². The van der Waals surface area contributed by atoms with E-state index in [4.69, 9.17) is 0 Å². The molecule has 0 bridgehead atoms. The minimum absolute atomic E-state index is 0.128. The van der Waals surface area contributed by atoms with Crippen LogP contribution in [0.3, 0.4) is 0 Å². The van der Waals surface area contributed by atoms with E-state index >= 15 is 0 Å². The molecule has 1 aliphatic carbocycles. The monoisotopic (exact) mass is 226 g/mol. The summed E-state index contributed by atoms with van der Waals surface area (Å²) in [6.45, 7) is 7.65. The fourth-order valence-corrected chi connectivity index (χ4v) is 1.77. The van der Waals surface area contributed by atoms with E-state index in [0.29, 0.717) is 18.5 Å². The van der Waals surface area contributed by atoms with Gasteiger partial charge in [0.15, 0.2) is 0 Å². The molecule has 3 heteroatoms. The molecule has 16 heavy (non-hydrogen) atoms. The predicted molar refractivity (Wildman–Crippen MR) is 67.3 cm³/mol. The van der Waals surface area contributed by atoms with Gasteiger partial charge in [-0.15, -0.1) is 0 Å². The average Bonchev–Trinajstić information content (AvgIpc) is 3.04. The molecule has 1 aliphatic rings. The van der Waals surface area contributed by atoms with Crippen LogP contribution in [0.5, 0.6) is 0 Å². The Morgan fingerprint density at radius 3 is 2.56 bits per heavy atom. The maximum atomic E-state index is 11.5. The number of carbonyl (C=O) groups excluding carboxylic acids is 1. The van der Waals surface area contributed by atoms with Gasteiger partial charge >= 0.3 is 0 Å². The Bertz CT molecular complexity index is 212. The predicted octanol–water partition coefficient (Wildman–Crippen LogP) is 1.93. The zero-order valence-electron chi connectivity index (χ0n) is 10.9. The minimum atomic E-state index is 0.128. The molecule has 1 amide bonds. The Morgan fingerprint density at radius 1 is 1.38 bits per heavy atom. The smallest absolute Gasteiger partial charge is 0.233 e. The molecule has 1 fully saturated rings. The molecule has 0 spiro atoms. The van der Waals surface area contributed by atoms with Gasteiger partial charge < -0.3 is 10.6 Å². The van der Waals surface area contributed by atoms with Crippen LogP contribution in [-0.2, 0) is 4.79 Å². The molecule has 0 saturated heterocycles. The van der Waals surface area contributed by atoms with Crippen molar-refractivity contribution in [3.05, 3.63) is 0 Å². The lowest BCUT2D eigenvalue weighted by atomic mass is 10.1. The Morgan fingerprint density at radius 2 is 2.06 bits per heavy atom. The highest BCUT2D eigenvalue weighted by Gasteiger charge is 2.24. The van der Waals surface area contributed by atoms with Gasteiger partial charge in [0.1, 0.15) is 0 Å². The maximum Gasteiger partial charge on any atom is 0.233 e. The first kappa shape index (κ1) is 13.5. The zero-order valence-corrected chi connectivity index (χ0v) is 10.9. The fourth-order valence-electron chi connectivity index (χ4n) is 1.77. The number of nitrogens with one attached hydrogen (secondary N) is 2. The number of amides is 1. The molecule has 0 aromatic heterocycles. The minimum Gasteiger partial charge on any atom is -0.355 e. The third-order valence-corrected chi connectivity index (χ3v) is 3.07. The van der Waals surface area contributed by atoms with Gasteiger partial charge in [-0.25, -0.2) is 0 Å². The van der Waals surface area contributed by atoms with Gasteiger partial charge in [-0.3, -0.25) is 4.79 Å². The van der Waals surface area contributed by atoms with Gasteiger partial charge in [0.2, 0.25) is 5.91 Å². The van der Waals surface area contributed by atoms with E-state index < -0.39 is 0 Å². The van der Waals surface area contributed by atoms with Gasteiger partial charge in [0, 0.05) is 12.6 Å². The topological polar surface area (TPSA) is 41.1 Å². The Labute approximate surface area is 99.4 Å². The Kier molecular flexibility index (Phi) is 5.81. The van der Waals surface area contributed by atoms with Crippen molar-refractivity contribution in [2.45, 2.75) is 52.5 Å². The summed E-state index contributed by atoms with van der Waals surface area (Å²) in [4.78, 5) is 11.5. The molecule has 0 aromatic carbocycles. The van der Waals surface area contributed by atoms with E-state index in [1.165, 1.54) is 19.3 Å². The maximum absolute atomic E-state index is 11.5. The van der Waals surface area contributed by atoms with Crippen molar-refractivity contribution in [3.63, 3.8) is 0 Å². The molecule has 1 atom stereocenters. The lowest BCUT2D eigenvalue weighted by molar-refractivity contribution is -0.120. The molecule has 0 aliphatic heterocycles. The van der Waals surface area contributed by atoms with Crippen LogP contribution in [0, 0.1) is 11.8 Å². The summed E-state index contributed by atoms with van der Waals surface area (Å²) >= 11 is 0. The van der Waals surface area contributed by atoms with E-state index in [2.05, 4.69) is 31.4 Å². The summed E-state index contributed by atoms with van der Waals surface area (Å²) in [5, 5.41) is 6.28. The second-order valence-electron chi connectivity index (χ2n) is 5.36. The molecule has 1 saturated carbocycles. The molecule has 0 radical (unpaired) electrons. The zero-order chi connectivity index (χ0) is 12.0. The van der Waals surface area contributed by atoms with Crippen LogP contribution in [0.15, 0.2) is 0 Å². The lowest BCUT2D eigenvalue weighted by Gasteiger charge is -2.16. The number of rotatable bonds is 8. The second kappa shape index (κ2) is 6.89. The third kappa shape index (κ3) is 6.11. The molecule has 94 valence electrons. The summed E-state index contributed by atoms with van der Waals surface area (Å²) in [5.41, 5.74) is 0. The highest BCUT2D eigenvalue weighted by molar-refractivity contribution is 5.77. The van der Waals surface area contributed by atoms with Crippen molar-refractivity contribution in [2.24, 2.45) is 11.8 Å².